The molecule has 1 unspecified atom stereocenters. The molecule has 276 valence electrons. The smallest absolute Gasteiger partial charge is 0.407 e. The normalized spacial score (nSPS) is 21.8. The number of ether oxygens (including phenoxy) is 3. The molecule has 0 saturated carbocycles. The number of carbonyl (C=O) groups is 1. The molecule has 4 aromatic rings. The Kier molecular flexibility index (Phi) is 9.49. The van der Waals surface area contributed by atoms with Gasteiger partial charge in [0.15, 0.2) is 12.6 Å². The number of benzene rings is 2. The highest BCUT2D eigenvalue weighted by Gasteiger charge is 2.45. The van der Waals surface area contributed by atoms with E-state index in [-0.39, 0.29) is 52.7 Å². The van der Waals surface area contributed by atoms with Gasteiger partial charge in [0.2, 0.25) is 0 Å². The zero-order valence-corrected chi connectivity index (χ0v) is 29.8. The van der Waals surface area contributed by atoms with Crippen molar-refractivity contribution in [3.8, 4) is 23.0 Å². The van der Waals surface area contributed by atoms with Crippen LogP contribution in [0.1, 0.15) is 57.4 Å². The van der Waals surface area contributed by atoms with E-state index >= 15 is 8.78 Å². The molecule has 2 aromatic carbocycles. The summed E-state index contributed by atoms with van der Waals surface area (Å²) in [5.41, 5.74) is -0.348. The summed E-state index contributed by atoms with van der Waals surface area (Å²) in [6, 6.07) is 6.06. The molecule has 9 rings (SSSR count). The first-order valence-corrected chi connectivity index (χ1v) is 18.9. The summed E-state index contributed by atoms with van der Waals surface area (Å²) < 4.78 is 55.4. The SMILES string of the molecule is CC12CCCN(C1)c1nc(OCC34CCCN3CCC4)nc3c(F)c(ncc13)-c1cc(OCOP(O)O)cc3ccc(F)c(c13)CCCOC(=O)N2. The van der Waals surface area contributed by atoms with Gasteiger partial charge in [-0.3, -0.25) is 14.4 Å². The highest BCUT2D eigenvalue weighted by molar-refractivity contribution is 7.39. The molecular formula is C36H41F2N6O7P. The summed E-state index contributed by atoms with van der Waals surface area (Å²) in [6.45, 7) is 4.87. The number of aromatic nitrogens is 3. The highest BCUT2D eigenvalue weighted by atomic mass is 31.2. The number of fused-ring (bicyclic) bond motifs is 7. The van der Waals surface area contributed by atoms with E-state index in [0.29, 0.717) is 54.5 Å². The first kappa shape index (κ1) is 35.0. The second kappa shape index (κ2) is 14.1. The summed E-state index contributed by atoms with van der Waals surface area (Å²) >= 11 is 0. The van der Waals surface area contributed by atoms with E-state index in [1.165, 1.54) is 18.3 Å². The fraction of sp³-hybridized carbons (Fsp3) is 0.500. The quantitative estimate of drug-likeness (QED) is 0.157. The second-order valence-electron chi connectivity index (χ2n) is 14.4. The average Bonchev–Trinajstić information content (AvgIpc) is 3.70. The van der Waals surface area contributed by atoms with Gasteiger partial charge in [-0.25, -0.2) is 13.6 Å². The van der Waals surface area contributed by atoms with Gasteiger partial charge in [-0.05, 0) is 106 Å². The van der Waals surface area contributed by atoms with Crippen LogP contribution in [0.15, 0.2) is 30.5 Å². The van der Waals surface area contributed by atoms with Crippen LogP contribution in [0.3, 0.4) is 0 Å². The van der Waals surface area contributed by atoms with Crippen molar-refractivity contribution in [2.75, 3.05) is 51.1 Å². The Morgan fingerprint density at radius 3 is 2.65 bits per heavy atom. The van der Waals surface area contributed by atoms with Crippen molar-refractivity contribution >= 4 is 42.2 Å². The molecule has 0 aliphatic carbocycles. The second-order valence-corrected chi connectivity index (χ2v) is 15.2. The third-order valence-electron chi connectivity index (χ3n) is 10.9. The van der Waals surface area contributed by atoms with E-state index in [0.717, 1.165) is 45.2 Å². The molecule has 0 spiro atoms. The maximum atomic E-state index is 17.3. The van der Waals surface area contributed by atoms with Crippen LogP contribution in [-0.2, 0) is 15.7 Å². The molecule has 5 aliphatic heterocycles. The minimum atomic E-state index is -2.67. The van der Waals surface area contributed by atoms with Crippen LogP contribution in [0.25, 0.3) is 32.9 Å². The van der Waals surface area contributed by atoms with Gasteiger partial charge in [0, 0.05) is 24.8 Å². The Labute approximate surface area is 300 Å². The number of nitrogens with zero attached hydrogens (tertiary/aromatic N) is 5. The third kappa shape index (κ3) is 6.69. The van der Waals surface area contributed by atoms with E-state index in [2.05, 4.69) is 20.2 Å². The largest absolute Gasteiger partial charge is 0.467 e. The number of carbonyl (C=O) groups excluding carboxylic acids is 1. The summed E-state index contributed by atoms with van der Waals surface area (Å²) in [4.78, 5) is 50.2. The van der Waals surface area contributed by atoms with Crippen molar-refractivity contribution in [1.82, 2.24) is 25.2 Å². The molecule has 0 radical (unpaired) electrons. The van der Waals surface area contributed by atoms with Crippen molar-refractivity contribution in [1.29, 1.82) is 0 Å². The maximum Gasteiger partial charge on any atom is 0.407 e. The Hall–Kier alpha value is -4.01. The number of anilines is 1. The topological polar surface area (TPSA) is 152 Å². The highest BCUT2D eigenvalue weighted by Crippen LogP contribution is 2.42. The summed E-state index contributed by atoms with van der Waals surface area (Å²) in [7, 11) is -2.67. The minimum absolute atomic E-state index is 0.00637. The molecule has 52 heavy (non-hydrogen) atoms. The third-order valence-corrected chi connectivity index (χ3v) is 11.3. The fourth-order valence-electron chi connectivity index (χ4n) is 8.54. The van der Waals surface area contributed by atoms with E-state index in [4.69, 9.17) is 23.7 Å². The van der Waals surface area contributed by atoms with Crippen LogP contribution >= 0.6 is 8.60 Å². The molecule has 5 aliphatic rings. The van der Waals surface area contributed by atoms with Crippen LogP contribution in [0.4, 0.5) is 19.4 Å². The number of hydrogen-bond acceptors (Lipinski definition) is 12. The van der Waals surface area contributed by atoms with Crippen molar-refractivity contribution in [2.45, 2.75) is 69.4 Å². The average molecular weight is 739 g/mol. The molecule has 6 bridgehead atoms. The van der Waals surface area contributed by atoms with E-state index in [1.54, 1.807) is 12.1 Å². The molecule has 7 heterocycles. The van der Waals surface area contributed by atoms with Gasteiger partial charge < -0.3 is 34.2 Å². The first-order chi connectivity index (χ1) is 25.1. The lowest BCUT2D eigenvalue weighted by Gasteiger charge is -2.41. The van der Waals surface area contributed by atoms with Gasteiger partial charge in [0.25, 0.3) is 0 Å². The number of aryl methyl sites for hydroxylation is 1. The van der Waals surface area contributed by atoms with E-state index in [9.17, 15) is 14.6 Å². The van der Waals surface area contributed by atoms with Gasteiger partial charge in [-0.2, -0.15) is 9.97 Å². The van der Waals surface area contributed by atoms with Crippen molar-refractivity contribution in [2.24, 2.45) is 0 Å². The standard InChI is InChI=1S/C36H41F2N6O7P/c1-35-9-3-12-43(19-35)32-26-18-39-30(29(38)31(26)40-33(41-32)49-20-36-10-4-13-44(36)14-5-11-36)25-17-23(50-21-51-52(46)47)16-22-7-8-27(37)24(28(22)25)6-2-15-48-34(45)42-35/h7-8,16-18,46-47H,2-6,9-15,19-21H2,1H3,(H,42,45). The first-order valence-electron chi connectivity index (χ1n) is 17.7. The number of hydrogen-bond donors (Lipinski definition) is 3. The molecule has 3 N–H and O–H groups in total. The monoisotopic (exact) mass is 738 g/mol. The number of alkyl carbamates (subject to hydrolysis) is 1. The molecule has 2 aromatic heterocycles. The Morgan fingerprint density at radius 2 is 1.85 bits per heavy atom. The van der Waals surface area contributed by atoms with Gasteiger partial charge in [0.05, 0.1) is 23.1 Å². The van der Waals surface area contributed by atoms with Crippen LogP contribution in [0.5, 0.6) is 11.8 Å². The van der Waals surface area contributed by atoms with Crippen molar-refractivity contribution in [3.05, 3.63) is 47.7 Å². The van der Waals surface area contributed by atoms with Crippen LogP contribution in [0, 0.1) is 11.6 Å². The fourth-order valence-corrected chi connectivity index (χ4v) is 8.68. The molecule has 1 amide bonds. The van der Waals surface area contributed by atoms with Crippen molar-refractivity contribution in [3.63, 3.8) is 0 Å². The number of pyridine rings is 1. The molecular weight excluding hydrogens is 697 g/mol. The molecule has 3 saturated heterocycles. The molecule has 1 atom stereocenters. The predicted molar refractivity (Wildman–Crippen MR) is 189 cm³/mol. The lowest BCUT2D eigenvalue weighted by Crippen LogP contribution is -2.57. The molecule has 16 heteroatoms. The van der Waals surface area contributed by atoms with Gasteiger partial charge in [-0.1, -0.05) is 6.07 Å². The summed E-state index contributed by atoms with van der Waals surface area (Å²) in [5, 5.41) is 4.32. The van der Waals surface area contributed by atoms with Gasteiger partial charge in [-0.15, -0.1) is 0 Å². The maximum absolute atomic E-state index is 17.3. The zero-order chi connectivity index (χ0) is 36.0. The Bertz CT molecular complexity index is 2010. The number of rotatable bonds is 7. The van der Waals surface area contributed by atoms with E-state index < -0.39 is 38.7 Å². The lowest BCUT2D eigenvalue weighted by atomic mass is 9.91. The number of piperidine rings is 1. The van der Waals surface area contributed by atoms with Crippen molar-refractivity contribution < 1.29 is 42.1 Å². The summed E-state index contributed by atoms with van der Waals surface area (Å²) in [6.07, 6.45) is 7.04. The van der Waals surface area contributed by atoms with Crippen LogP contribution in [-0.4, -0.2) is 93.0 Å². The number of amides is 1. The number of nitrogens with one attached hydrogen (secondary N) is 1. The Morgan fingerprint density at radius 1 is 1.04 bits per heavy atom. The predicted octanol–water partition coefficient (Wildman–Crippen LogP) is 5.73. The van der Waals surface area contributed by atoms with Crippen LogP contribution < -0.4 is 19.7 Å². The lowest BCUT2D eigenvalue weighted by molar-refractivity contribution is 0.105. The summed E-state index contributed by atoms with van der Waals surface area (Å²) in [5.74, 6) is -0.610. The van der Waals surface area contributed by atoms with E-state index in [1.807, 2.05) is 11.8 Å². The molecule has 3 fully saturated rings. The number of halogens is 2. The minimum Gasteiger partial charge on any atom is -0.467 e. The van der Waals surface area contributed by atoms with Crippen LogP contribution in [0.2, 0.25) is 0 Å². The van der Waals surface area contributed by atoms with Gasteiger partial charge >= 0.3 is 20.7 Å². The van der Waals surface area contributed by atoms with Gasteiger partial charge in [0.1, 0.15) is 35.2 Å². The zero-order valence-electron chi connectivity index (χ0n) is 28.9. The Balaban J connectivity index is 1.31. The molecule has 13 nitrogen and oxygen atoms in total.